The van der Waals surface area contributed by atoms with E-state index in [1.807, 2.05) is 95.7 Å². The molecule has 0 N–H and O–H groups in total. The summed E-state index contributed by atoms with van der Waals surface area (Å²) in [7, 11) is 0. The van der Waals surface area contributed by atoms with Crippen molar-refractivity contribution >= 4 is 5.78 Å². The minimum atomic E-state index is -1.07. The van der Waals surface area contributed by atoms with E-state index in [4.69, 9.17) is 9.84 Å². The average molecular weight is 463 g/mol. The zero-order valence-corrected chi connectivity index (χ0v) is 19.0. The van der Waals surface area contributed by atoms with Gasteiger partial charge in [-0.15, -0.1) is 0 Å². The molecule has 5 heteroatoms. The molecule has 0 saturated carbocycles. The van der Waals surface area contributed by atoms with Crippen LogP contribution in [0.1, 0.15) is 16.1 Å². The van der Waals surface area contributed by atoms with Crippen LogP contribution in [0.5, 0.6) is 5.75 Å². The van der Waals surface area contributed by atoms with Gasteiger partial charge in [0.25, 0.3) is 0 Å². The number of alkyl halides is 1. The summed E-state index contributed by atoms with van der Waals surface area (Å²) in [5.74, 6) is -0.262. The van der Waals surface area contributed by atoms with E-state index in [2.05, 4.69) is 0 Å². The largest absolute Gasteiger partial charge is 0.487 e. The number of carbonyl (C=O) groups is 1. The van der Waals surface area contributed by atoms with E-state index in [0.717, 1.165) is 33.8 Å². The van der Waals surface area contributed by atoms with Crippen molar-refractivity contribution in [3.63, 3.8) is 0 Å². The zero-order valence-electron chi connectivity index (χ0n) is 19.0. The number of ketones is 1. The molecule has 0 saturated heterocycles. The van der Waals surface area contributed by atoms with Crippen molar-refractivity contribution in [2.45, 2.75) is 6.61 Å². The standard InChI is InChI=1S/C30H23FN2O2/c31-20-27(34)25-18-10-11-19-28(25)35-21-26-29(22-12-4-1-5-13-22)30(23-14-6-2-7-15-23)32-33(26)24-16-8-3-9-17-24/h1-19H,20-21H2. The van der Waals surface area contributed by atoms with E-state index in [9.17, 15) is 9.18 Å². The fraction of sp³-hybridized carbons (Fsp3) is 0.0667. The molecule has 5 aromatic rings. The minimum absolute atomic E-state index is 0.134. The van der Waals surface area contributed by atoms with Gasteiger partial charge in [0.15, 0.2) is 12.5 Å². The van der Waals surface area contributed by atoms with E-state index in [1.165, 1.54) is 0 Å². The number of aromatic nitrogens is 2. The van der Waals surface area contributed by atoms with Gasteiger partial charge in [0.05, 0.1) is 16.9 Å². The van der Waals surface area contributed by atoms with E-state index in [-0.39, 0.29) is 12.2 Å². The lowest BCUT2D eigenvalue weighted by molar-refractivity contribution is 0.0954. The van der Waals surface area contributed by atoms with Crippen molar-refractivity contribution in [1.82, 2.24) is 9.78 Å². The molecule has 0 fully saturated rings. The molecule has 5 rings (SSSR count). The van der Waals surface area contributed by atoms with Gasteiger partial charge in [0.1, 0.15) is 18.1 Å². The highest BCUT2D eigenvalue weighted by molar-refractivity contribution is 5.99. The van der Waals surface area contributed by atoms with Crippen molar-refractivity contribution in [2.24, 2.45) is 0 Å². The van der Waals surface area contributed by atoms with Crippen LogP contribution in [-0.4, -0.2) is 22.2 Å². The van der Waals surface area contributed by atoms with Crippen molar-refractivity contribution in [1.29, 1.82) is 0 Å². The Kier molecular flexibility index (Phi) is 6.48. The lowest BCUT2D eigenvalue weighted by Crippen LogP contribution is -2.09. The Hall–Kier alpha value is -4.51. The summed E-state index contributed by atoms with van der Waals surface area (Å²) in [6.45, 7) is -0.939. The van der Waals surface area contributed by atoms with Crippen LogP contribution in [0.4, 0.5) is 4.39 Å². The second kappa shape index (κ2) is 10.2. The molecule has 0 aliphatic carbocycles. The summed E-state index contributed by atoms with van der Waals surface area (Å²) in [6.07, 6.45) is 0. The highest BCUT2D eigenvalue weighted by Crippen LogP contribution is 2.36. The highest BCUT2D eigenvalue weighted by Gasteiger charge is 2.23. The Labute approximate surface area is 203 Å². The van der Waals surface area contributed by atoms with Gasteiger partial charge in [-0.05, 0) is 29.8 Å². The van der Waals surface area contributed by atoms with Gasteiger partial charge in [0.2, 0.25) is 0 Å². The van der Waals surface area contributed by atoms with Crippen LogP contribution in [0.15, 0.2) is 115 Å². The third-order valence-electron chi connectivity index (χ3n) is 5.76. The molecule has 0 aliphatic rings. The first-order chi connectivity index (χ1) is 17.3. The molecular formula is C30H23FN2O2. The number of hydrogen-bond acceptors (Lipinski definition) is 3. The maximum absolute atomic E-state index is 13.2. The van der Waals surface area contributed by atoms with E-state index in [0.29, 0.717) is 5.75 Å². The predicted octanol–water partition coefficient (Wildman–Crippen LogP) is 6.94. The SMILES string of the molecule is O=C(CF)c1ccccc1OCc1c(-c2ccccc2)c(-c2ccccc2)nn1-c1ccccc1. The monoisotopic (exact) mass is 462 g/mol. The Bertz CT molecular complexity index is 1430. The van der Waals surface area contributed by atoms with Gasteiger partial charge in [-0.25, -0.2) is 9.07 Å². The summed E-state index contributed by atoms with van der Waals surface area (Å²) in [6, 6.07) is 36.6. The molecule has 1 aromatic heterocycles. The molecular weight excluding hydrogens is 439 g/mol. The van der Waals surface area contributed by atoms with Gasteiger partial charge in [-0.2, -0.15) is 5.10 Å². The van der Waals surface area contributed by atoms with Gasteiger partial charge in [0, 0.05) is 11.1 Å². The van der Waals surface area contributed by atoms with E-state index >= 15 is 0 Å². The van der Waals surface area contributed by atoms with Crippen molar-refractivity contribution < 1.29 is 13.9 Å². The van der Waals surface area contributed by atoms with Gasteiger partial charge in [-0.1, -0.05) is 91.0 Å². The zero-order chi connectivity index (χ0) is 24.0. The predicted molar refractivity (Wildman–Crippen MR) is 136 cm³/mol. The molecule has 35 heavy (non-hydrogen) atoms. The molecule has 4 aromatic carbocycles. The number of hydrogen-bond donors (Lipinski definition) is 0. The molecule has 172 valence electrons. The second-order valence-electron chi connectivity index (χ2n) is 7.99. The quantitative estimate of drug-likeness (QED) is 0.235. The summed E-state index contributed by atoms with van der Waals surface area (Å²) in [5.41, 5.74) is 5.69. The Morgan fingerprint density at radius 2 is 1.31 bits per heavy atom. The van der Waals surface area contributed by atoms with Crippen LogP contribution in [0, 0.1) is 0 Å². The maximum Gasteiger partial charge on any atom is 0.197 e. The van der Waals surface area contributed by atoms with Crippen molar-refractivity contribution in [3.05, 3.63) is 127 Å². The number of nitrogens with zero attached hydrogens (tertiary/aromatic N) is 2. The number of carbonyl (C=O) groups excluding carboxylic acids is 1. The summed E-state index contributed by atoms with van der Waals surface area (Å²) < 4.78 is 21.2. The molecule has 0 amide bonds. The summed E-state index contributed by atoms with van der Waals surface area (Å²) in [5, 5.41) is 5.02. The average Bonchev–Trinajstić information content (AvgIpc) is 3.32. The van der Waals surface area contributed by atoms with Crippen molar-refractivity contribution in [3.8, 4) is 33.8 Å². The van der Waals surface area contributed by atoms with Crippen LogP contribution in [0.2, 0.25) is 0 Å². The smallest absolute Gasteiger partial charge is 0.197 e. The first-order valence-corrected chi connectivity index (χ1v) is 11.4. The van der Waals surface area contributed by atoms with Gasteiger partial charge in [-0.3, -0.25) is 4.79 Å². The van der Waals surface area contributed by atoms with Crippen LogP contribution >= 0.6 is 0 Å². The fourth-order valence-corrected chi connectivity index (χ4v) is 4.12. The fourth-order valence-electron chi connectivity index (χ4n) is 4.12. The topological polar surface area (TPSA) is 44.1 Å². The molecule has 0 bridgehead atoms. The van der Waals surface area contributed by atoms with Crippen LogP contribution in [0.3, 0.4) is 0 Å². The maximum atomic E-state index is 13.2. The minimum Gasteiger partial charge on any atom is -0.487 e. The molecule has 0 radical (unpaired) electrons. The first kappa shape index (κ1) is 22.3. The Balaban J connectivity index is 1.68. The Morgan fingerprint density at radius 1 is 0.743 bits per heavy atom. The van der Waals surface area contributed by atoms with Gasteiger partial charge < -0.3 is 4.74 Å². The number of Topliss-reactive ketones (excluding diaryl/α,β-unsaturated/α-hetero) is 1. The second-order valence-corrected chi connectivity index (χ2v) is 7.99. The third-order valence-corrected chi connectivity index (χ3v) is 5.76. The first-order valence-electron chi connectivity index (χ1n) is 11.4. The van der Waals surface area contributed by atoms with E-state index < -0.39 is 12.5 Å². The molecule has 0 atom stereocenters. The number of benzene rings is 4. The summed E-state index contributed by atoms with van der Waals surface area (Å²) >= 11 is 0. The van der Waals surface area contributed by atoms with Crippen LogP contribution in [-0.2, 0) is 6.61 Å². The highest BCUT2D eigenvalue weighted by atomic mass is 19.1. The number of para-hydroxylation sites is 2. The van der Waals surface area contributed by atoms with Gasteiger partial charge >= 0.3 is 0 Å². The number of ether oxygens (including phenoxy) is 1. The van der Waals surface area contributed by atoms with Crippen LogP contribution in [0.25, 0.3) is 28.1 Å². The normalized spacial score (nSPS) is 10.8. The molecule has 0 aliphatic heterocycles. The van der Waals surface area contributed by atoms with Crippen molar-refractivity contribution in [2.75, 3.05) is 6.67 Å². The molecule has 0 unspecified atom stereocenters. The summed E-state index contributed by atoms with van der Waals surface area (Å²) in [4.78, 5) is 12.1. The third kappa shape index (κ3) is 4.62. The van der Waals surface area contributed by atoms with Crippen LogP contribution < -0.4 is 4.74 Å². The Morgan fingerprint density at radius 3 is 1.97 bits per heavy atom. The molecule has 0 spiro atoms. The number of halogens is 1. The molecule has 4 nitrogen and oxygen atoms in total. The molecule has 1 heterocycles. The lowest BCUT2D eigenvalue weighted by Gasteiger charge is -2.14. The number of rotatable bonds is 8. The lowest BCUT2D eigenvalue weighted by atomic mass is 9.99. The van der Waals surface area contributed by atoms with E-state index in [1.54, 1.807) is 24.3 Å².